The van der Waals surface area contributed by atoms with E-state index in [1.165, 1.54) is 17.3 Å². The van der Waals surface area contributed by atoms with Gasteiger partial charge >= 0.3 is 0 Å². The first kappa shape index (κ1) is 15.9. The van der Waals surface area contributed by atoms with Gasteiger partial charge in [0.2, 0.25) is 11.8 Å². The number of thioether (sulfide) groups is 1. The maximum Gasteiger partial charge on any atom is 0.233 e. The van der Waals surface area contributed by atoms with Crippen molar-refractivity contribution in [3.8, 4) is 0 Å². The topological polar surface area (TPSA) is 92.1 Å². The van der Waals surface area contributed by atoms with Crippen molar-refractivity contribution in [3.05, 3.63) is 23.8 Å². The molecular formula is C16H20N4O2S. The number of aromatic nitrogens is 2. The Morgan fingerprint density at radius 2 is 2.13 bits per heavy atom. The SMILES string of the molecule is Cc1ccc2nc(SCC(=O)N3CCC(C(N)=O)CC3)[nH]c2c1. The molecule has 1 aromatic heterocycles. The molecule has 1 saturated heterocycles. The number of carbonyl (C=O) groups excluding carboxylic acids is 2. The second kappa shape index (κ2) is 6.62. The Balaban J connectivity index is 1.55. The molecule has 1 aliphatic rings. The molecule has 0 bridgehead atoms. The van der Waals surface area contributed by atoms with E-state index < -0.39 is 0 Å². The van der Waals surface area contributed by atoms with Gasteiger partial charge in [0.15, 0.2) is 5.16 Å². The van der Waals surface area contributed by atoms with E-state index in [4.69, 9.17) is 5.73 Å². The highest BCUT2D eigenvalue weighted by atomic mass is 32.2. The van der Waals surface area contributed by atoms with Crippen LogP contribution in [0.4, 0.5) is 0 Å². The number of aryl methyl sites for hydroxylation is 1. The zero-order valence-electron chi connectivity index (χ0n) is 13.0. The number of fused-ring (bicyclic) bond motifs is 1. The number of H-pyrrole nitrogens is 1. The van der Waals surface area contributed by atoms with E-state index in [9.17, 15) is 9.59 Å². The number of amides is 2. The number of aromatic amines is 1. The number of likely N-dealkylation sites (tertiary alicyclic amines) is 1. The predicted molar refractivity (Wildman–Crippen MR) is 90.1 cm³/mol. The van der Waals surface area contributed by atoms with Gasteiger partial charge in [0.1, 0.15) is 0 Å². The Bertz CT molecular complexity index is 735. The molecule has 1 fully saturated rings. The maximum atomic E-state index is 12.3. The van der Waals surface area contributed by atoms with Crippen LogP contribution in [-0.2, 0) is 9.59 Å². The average Bonchev–Trinajstić information content (AvgIpc) is 2.94. The molecule has 23 heavy (non-hydrogen) atoms. The molecular weight excluding hydrogens is 312 g/mol. The number of rotatable bonds is 4. The number of hydrogen-bond donors (Lipinski definition) is 2. The summed E-state index contributed by atoms with van der Waals surface area (Å²) in [6, 6.07) is 6.04. The molecule has 0 radical (unpaired) electrons. The van der Waals surface area contributed by atoms with E-state index in [2.05, 4.69) is 9.97 Å². The Morgan fingerprint density at radius 1 is 1.39 bits per heavy atom. The third-order valence-corrected chi connectivity index (χ3v) is 5.06. The van der Waals surface area contributed by atoms with Crippen molar-refractivity contribution in [1.82, 2.24) is 14.9 Å². The second-order valence-corrected chi connectivity index (χ2v) is 6.87. The summed E-state index contributed by atoms with van der Waals surface area (Å²) < 4.78 is 0. The van der Waals surface area contributed by atoms with Crippen molar-refractivity contribution in [2.75, 3.05) is 18.8 Å². The summed E-state index contributed by atoms with van der Waals surface area (Å²) in [6.45, 7) is 3.24. The summed E-state index contributed by atoms with van der Waals surface area (Å²) in [7, 11) is 0. The van der Waals surface area contributed by atoms with Crippen LogP contribution in [0.1, 0.15) is 18.4 Å². The molecule has 3 N–H and O–H groups in total. The summed E-state index contributed by atoms with van der Waals surface area (Å²) in [5.41, 5.74) is 8.38. The maximum absolute atomic E-state index is 12.3. The van der Waals surface area contributed by atoms with Gasteiger partial charge in [-0.2, -0.15) is 0 Å². The van der Waals surface area contributed by atoms with Crippen LogP contribution in [-0.4, -0.2) is 45.5 Å². The fraction of sp³-hybridized carbons (Fsp3) is 0.438. The first-order valence-corrected chi connectivity index (χ1v) is 8.68. The summed E-state index contributed by atoms with van der Waals surface area (Å²) in [4.78, 5) is 32.9. The van der Waals surface area contributed by atoms with Gasteiger partial charge in [-0.25, -0.2) is 4.98 Å². The van der Waals surface area contributed by atoms with E-state index in [0.29, 0.717) is 31.7 Å². The highest BCUT2D eigenvalue weighted by Gasteiger charge is 2.25. The largest absolute Gasteiger partial charge is 0.369 e. The van der Waals surface area contributed by atoms with Crippen molar-refractivity contribution in [3.63, 3.8) is 0 Å². The molecule has 1 aliphatic heterocycles. The summed E-state index contributed by atoms with van der Waals surface area (Å²) in [5, 5.41) is 0.756. The van der Waals surface area contributed by atoms with E-state index in [-0.39, 0.29) is 17.7 Å². The number of hydrogen-bond acceptors (Lipinski definition) is 4. The number of nitrogens with zero attached hydrogens (tertiary/aromatic N) is 2. The van der Waals surface area contributed by atoms with E-state index >= 15 is 0 Å². The lowest BCUT2D eigenvalue weighted by Gasteiger charge is -2.30. The molecule has 6 nitrogen and oxygen atoms in total. The molecule has 2 aromatic rings. The third kappa shape index (κ3) is 3.67. The van der Waals surface area contributed by atoms with E-state index in [0.717, 1.165) is 16.2 Å². The van der Waals surface area contributed by atoms with Crippen LogP contribution >= 0.6 is 11.8 Å². The number of primary amides is 1. The van der Waals surface area contributed by atoms with Crippen LogP contribution in [0.5, 0.6) is 0 Å². The summed E-state index contributed by atoms with van der Waals surface area (Å²) >= 11 is 1.41. The fourth-order valence-corrected chi connectivity index (χ4v) is 3.59. The van der Waals surface area contributed by atoms with Crippen molar-refractivity contribution in [1.29, 1.82) is 0 Å². The van der Waals surface area contributed by atoms with Crippen molar-refractivity contribution < 1.29 is 9.59 Å². The number of piperidine rings is 1. The number of nitrogens with one attached hydrogen (secondary N) is 1. The highest BCUT2D eigenvalue weighted by molar-refractivity contribution is 7.99. The molecule has 7 heteroatoms. The lowest BCUT2D eigenvalue weighted by molar-refractivity contribution is -0.132. The van der Waals surface area contributed by atoms with Gasteiger partial charge in [-0.05, 0) is 37.5 Å². The lowest BCUT2D eigenvalue weighted by Crippen LogP contribution is -2.42. The Hall–Kier alpha value is -2.02. The number of imidazole rings is 1. The van der Waals surface area contributed by atoms with Crippen LogP contribution in [0.25, 0.3) is 11.0 Å². The zero-order valence-corrected chi connectivity index (χ0v) is 13.9. The van der Waals surface area contributed by atoms with Gasteiger partial charge in [0, 0.05) is 19.0 Å². The number of nitrogens with two attached hydrogens (primary N) is 1. The zero-order chi connectivity index (χ0) is 16.4. The van der Waals surface area contributed by atoms with Gasteiger partial charge in [-0.1, -0.05) is 17.8 Å². The molecule has 1 aromatic carbocycles. The standard InChI is InChI=1S/C16H20N4O2S/c1-10-2-3-12-13(8-10)19-16(18-12)23-9-14(21)20-6-4-11(5-7-20)15(17)22/h2-3,8,11H,4-7,9H2,1H3,(H2,17,22)(H,18,19). The van der Waals surface area contributed by atoms with Crippen LogP contribution in [0.2, 0.25) is 0 Å². The van der Waals surface area contributed by atoms with Crippen LogP contribution in [0.3, 0.4) is 0 Å². The monoisotopic (exact) mass is 332 g/mol. The number of benzene rings is 1. The average molecular weight is 332 g/mol. The first-order valence-electron chi connectivity index (χ1n) is 7.69. The minimum Gasteiger partial charge on any atom is -0.369 e. The normalized spacial score (nSPS) is 16.0. The Labute approximate surface area is 138 Å². The Morgan fingerprint density at radius 3 is 2.83 bits per heavy atom. The minimum atomic E-state index is -0.260. The molecule has 2 amide bonds. The summed E-state index contributed by atoms with van der Waals surface area (Å²) in [5.74, 6) is 0.0731. The second-order valence-electron chi connectivity index (χ2n) is 5.91. The van der Waals surface area contributed by atoms with Gasteiger partial charge in [0.05, 0.1) is 16.8 Å². The van der Waals surface area contributed by atoms with Gasteiger partial charge in [-0.3, -0.25) is 9.59 Å². The van der Waals surface area contributed by atoms with Crippen LogP contribution in [0, 0.1) is 12.8 Å². The highest BCUT2D eigenvalue weighted by Crippen LogP contribution is 2.22. The van der Waals surface area contributed by atoms with Gasteiger partial charge < -0.3 is 15.6 Å². The molecule has 0 aliphatic carbocycles. The molecule has 2 heterocycles. The lowest BCUT2D eigenvalue weighted by atomic mass is 9.96. The molecule has 0 unspecified atom stereocenters. The van der Waals surface area contributed by atoms with Gasteiger partial charge in [-0.15, -0.1) is 0 Å². The molecule has 3 rings (SSSR count). The van der Waals surface area contributed by atoms with Crippen molar-refractivity contribution in [2.45, 2.75) is 24.9 Å². The molecule has 0 spiro atoms. The van der Waals surface area contributed by atoms with Crippen molar-refractivity contribution in [2.24, 2.45) is 11.7 Å². The Kier molecular flexibility index (Phi) is 4.56. The predicted octanol–water partition coefficient (Wildman–Crippen LogP) is 1.69. The molecule has 0 atom stereocenters. The summed E-state index contributed by atoms with van der Waals surface area (Å²) in [6.07, 6.45) is 1.32. The van der Waals surface area contributed by atoms with Crippen molar-refractivity contribution >= 4 is 34.6 Å². The van der Waals surface area contributed by atoms with E-state index in [1.54, 1.807) is 4.90 Å². The van der Waals surface area contributed by atoms with E-state index in [1.807, 2.05) is 25.1 Å². The van der Waals surface area contributed by atoms with Crippen LogP contribution in [0.15, 0.2) is 23.4 Å². The fourth-order valence-electron chi connectivity index (χ4n) is 2.80. The molecule has 122 valence electrons. The van der Waals surface area contributed by atoms with Gasteiger partial charge in [0.25, 0.3) is 0 Å². The quantitative estimate of drug-likeness (QED) is 0.833. The third-order valence-electron chi connectivity index (χ3n) is 4.20. The number of carbonyl (C=O) groups is 2. The minimum absolute atomic E-state index is 0.0783. The molecule has 0 saturated carbocycles. The smallest absolute Gasteiger partial charge is 0.233 e. The first-order chi connectivity index (χ1) is 11.0. The van der Waals surface area contributed by atoms with Crippen LogP contribution < -0.4 is 5.73 Å².